The Labute approximate surface area is 198 Å². The smallest absolute Gasteiger partial charge is 0.413 e. The molecule has 0 unspecified atom stereocenters. The molecule has 1 saturated heterocycles. The van der Waals surface area contributed by atoms with Gasteiger partial charge in [0, 0.05) is 17.2 Å². The van der Waals surface area contributed by atoms with Crippen molar-refractivity contribution in [3.63, 3.8) is 0 Å². The molecular formula is C23H21F4N3O4S. The minimum Gasteiger partial charge on any atom is -0.413 e. The molecule has 2 aromatic carbocycles. The fourth-order valence-electron chi connectivity index (χ4n) is 3.89. The maximum atomic E-state index is 13.5. The molecular weight excluding hydrogens is 490 g/mol. The summed E-state index contributed by atoms with van der Waals surface area (Å²) in [4.78, 5) is 14.9. The van der Waals surface area contributed by atoms with Crippen LogP contribution in [0.4, 0.5) is 23.2 Å². The predicted molar refractivity (Wildman–Crippen MR) is 118 cm³/mol. The van der Waals surface area contributed by atoms with Crippen molar-refractivity contribution in [2.45, 2.75) is 32.0 Å². The van der Waals surface area contributed by atoms with E-state index in [1.807, 2.05) is 0 Å². The first-order valence-electron chi connectivity index (χ1n) is 10.8. The Hall–Kier alpha value is -3.28. The largest absolute Gasteiger partial charge is 0.470 e. The molecule has 4 rings (SSSR count). The molecule has 1 aliphatic heterocycles. The minimum absolute atomic E-state index is 0.0422. The standard InChI is InChI=1S/C23H21F4N3O4S/c24-18-7-9-19(10-8-18)30(21(31)17-2-1-12-35(32,33)13-11-17)14-15-3-5-16(6-4-15)20-28-29-22(34-20)23(25,26)27/h3-10,17H,1-2,11-14H2/t17-/m0/s1. The lowest BCUT2D eigenvalue weighted by Crippen LogP contribution is -2.36. The van der Waals surface area contributed by atoms with E-state index in [9.17, 15) is 30.8 Å². The molecule has 0 radical (unpaired) electrons. The molecule has 35 heavy (non-hydrogen) atoms. The number of carbonyl (C=O) groups excluding carboxylic acids is 1. The van der Waals surface area contributed by atoms with E-state index in [4.69, 9.17) is 0 Å². The van der Waals surface area contributed by atoms with Crippen molar-refractivity contribution in [1.29, 1.82) is 0 Å². The number of hydrogen-bond donors (Lipinski definition) is 0. The van der Waals surface area contributed by atoms with Gasteiger partial charge in [-0.25, -0.2) is 12.8 Å². The van der Waals surface area contributed by atoms with Gasteiger partial charge in [-0.2, -0.15) is 13.2 Å². The predicted octanol–water partition coefficient (Wildman–Crippen LogP) is 4.64. The van der Waals surface area contributed by atoms with E-state index in [0.29, 0.717) is 24.1 Å². The van der Waals surface area contributed by atoms with Crippen LogP contribution in [0.1, 0.15) is 30.7 Å². The number of alkyl halides is 3. The lowest BCUT2D eigenvalue weighted by Gasteiger charge is -2.27. The summed E-state index contributed by atoms with van der Waals surface area (Å²) in [5, 5.41) is 6.43. The highest BCUT2D eigenvalue weighted by molar-refractivity contribution is 7.91. The van der Waals surface area contributed by atoms with Crippen LogP contribution in [0.2, 0.25) is 0 Å². The van der Waals surface area contributed by atoms with Crippen molar-refractivity contribution in [2.24, 2.45) is 5.92 Å². The summed E-state index contributed by atoms with van der Waals surface area (Å²) in [5.41, 5.74) is 1.35. The molecule has 0 N–H and O–H groups in total. The summed E-state index contributed by atoms with van der Waals surface area (Å²) in [5.74, 6) is -3.02. The van der Waals surface area contributed by atoms with Gasteiger partial charge in [-0.3, -0.25) is 4.79 Å². The average Bonchev–Trinajstić information content (AvgIpc) is 3.24. The van der Waals surface area contributed by atoms with E-state index in [2.05, 4.69) is 14.6 Å². The Kier molecular flexibility index (Phi) is 6.93. The Morgan fingerprint density at radius 2 is 1.69 bits per heavy atom. The van der Waals surface area contributed by atoms with E-state index in [1.165, 1.54) is 41.3 Å². The topological polar surface area (TPSA) is 93.4 Å². The van der Waals surface area contributed by atoms with Crippen LogP contribution in [-0.4, -0.2) is 36.0 Å². The van der Waals surface area contributed by atoms with Crippen molar-refractivity contribution >= 4 is 21.4 Å². The number of halogens is 4. The molecule has 0 bridgehead atoms. The van der Waals surface area contributed by atoms with Gasteiger partial charge in [0.05, 0.1) is 18.1 Å². The number of amides is 1. The molecule has 0 spiro atoms. The number of anilines is 1. The summed E-state index contributed by atoms with van der Waals surface area (Å²) in [7, 11) is -3.19. The molecule has 0 aliphatic carbocycles. The fraction of sp³-hybridized carbons (Fsp3) is 0.348. The fourth-order valence-corrected chi connectivity index (χ4v) is 5.35. The van der Waals surface area contributed by atoms with Crippen LogP contribution in [-0.2, 0) is 27.4 Å². The monoisotopic (exact) mass is 511 g/mol. The van der Waals surface area contributed by atoms with Gasteiger partial charge in [0.2, 0.25) is 11.8 Å². The zero-order chi connectivity index (χ0) is 25.2. The van der Waals surface area contributed by atoms with Crippen molar-refractivity contribution in [1.82, 2.24) is 10.2 Å². The number of hydrogen-bond acceptors (Lipinski definition) is 6. The second-order valence-corrected chi connectivity index (χ2v) is 10.6. The SMILES string of the molecule is O=C([C@H]1CCCS(=O)(=O)CC1)N(Cc1ccc(-c2nnc(C(F)(F)F)o2)cc1)c1ccc(F)cc1. The van der Waals surface area contributed by atoms with Crippen LogP contribution in [0.15, 0.2) is 52.9 Å². The molecule has 1 atom stereocenters. The van der Waals surface area contributed by atoms with Gasteiger partial charge in [0.1, 0.15) is 15.7 Å². The van der Waals surface area contributed by atoms with Crippen LogP contribution >= 0.6 is 0 Å². The zero-order valence-corrected chi connectivity index (χ0v) is 19.2. The number of benzene rings is 2. The first-order chi connectivity index (χ1) is 16.5. The Bertz CT molecular complexity index is 1290. The summed E-state index contributed by atoms with van der Waals surface area (Å²) in [6.45, 7) is 0.0889. The normalized spacial score (nSPS) is 18.1. The summed E-state index contributed by atoms with van der Waals surface area (Å²) in [6.07, 6.45) is -3.74. The van der Waals surface area contributed by atoms with Crippen molar-refractivity contribution in [3.8, 4) is 11.5 Å². The Balaban J connectivity index is 1.57. The third-order valence-corrected chi connectivity index (χ3v) is 7.52. The van der Waals surface area contributed by atoms with Gasteiger partial charge >= 0.3 is 12.1 Å². The molecule has 1 fully saturated rings. The van der Waals surface area contributed by atoms with Crippen LogP contribution in [0.5, 0.6) is 0 Å². The summed E-state index contributed by atoms with van der Waals surface area (Å²) in [6, 6.07) is 11.6. The zero-order valence-electron chi connectivity index (χ0n) is 18.3. The van der Waals surface area contributed by atoms with Crippen LogP contribution in [0.25, 0.3) is 11.5 Å². The van der Waals surface area contributed by atoms with E-state index >= 15 is 0 Å². The van der Waals surface area contributed by atoms with Gasteiger partial charge in [0.15, 0.2) is 0 Å². The molecule has 1 amide bonds. The molecule has 1 aliphatic rings. The Morgan fingerprint density at radius 1 is 1.00 bits per heavy atom. The molecule has 0 saturated carbocycles. The highest BCUT2D eigenvalue weighted by Gasteiger charge is 2.38. The highest BCUT2D eigenvalue weighted by atomic mass is 32.2. The van der Waals surface area contributed by atoms with Gasteiger partial charge in [-0.1, -0.05) is 12.1 Å². The summed E-state index contributed by atoms with van der Waals surface area (Å²) < 4.78 is 80.3. The number of sulfone groups is 1. The third-order valence-electron chi connectivity index (χ3n) is 5.75. The second-order valence-electron chi connectivity index (χ2n) is 8.29. The number of aromatic nitrogens is 2. The van der Waals surface area contributed by atoms with Gasteiger partial charge < -0.3 is 9.32 Å². The molecule has 186 valence electrons. The average molecular weight is 511 g/mol. The van der Waals surface area contributed by atoms with E-state index < -0.39 is 33.6 Å². The third kappa shape index (κ3) is 6.05. The number of rotatable bonds is 5. The molecule has 2 heterocycles. The molecule has 1 aromatic heterocycles. The molecule has 7 nitrogen and oxygen atoms in total. The van der Waals surface area contributed by atoms with E-state index in [0.717, 1.165) is 0 Å². The van der Waals surface area contributed by atoms with Crippen molar-refractivity contribution in [3.05, 3.63) is 65.8 Å². The number of nitrogens with zero attached hydrogens (tertiary/aromatic N) is 3. The highest BCUT2D eigenvalue weighted by Crippen LogP contribution is 2.31. The minimum atomic E-state index is -4.75. The van der Waals surface area contributed by atoms with Gasteiger partial charge in [0.25, 0.3) is 0 Å². The van der Waals surface area contributed by atoms with E-state index in [-0.39, 0.29) is 41.8 Å². The van der Waals surface area contributed by atoms with E-state index in [1.54, 1.807) is 12.1 Å². The lowest BCUT2D eigenvalue weighted by molar-refractivity contribution is -0.157. The lowest BCUT2D eigenvalue weighted by atomic mass is 9.98. The van der Waals surface area contributed by atoms with Crippen molar-refractivity contribution < 1.29 is 35.2 Å². The quantitative estimate of drug-likeness (QED) is 0.464. The molecule has 12 heteroatoms. The van der Waals surface area contributed by atoms with Gasteiger partial charge in [-0.05, 0) is 61.2 Å². The maximum absolute atomic E-state index is 13.5. The molecule has 3 aromatic rings. The van der Waals surface area contributed by atoms with Crippen LogP contribution < -0.4 is 4.90 Å². The summed E-state index contributed by atoms with van der Waals surface area (Å²) >= 11 is 0. The van der Waals surface area contributed by atoms with Crippen LogP contribution in [0.3, 0.4) is 0 Å². The maximum Gasteiger partial charge on any atom is 0.470 e. The first kappa shape index (κ1) is 24.8. The Morgan fingerprint density at radius 3 is 2.31 bits per heavy atom. The number of carbonyl (C=O) groups is 1. The second kappa shape index (κ2) is 9.76. The first-order valence-corrected chi connectivity index (χ1v) is 12.6. The van der Waals surface area contributed by atoms with Crippen LogP contribution in [0, 0.1) is 11.7 Å². The van der Waals surface area contributed by atoms with Crippen molar-refractivity contribution in [2.75, 3.05) is 16.4 Å². The van der Waals surface area contributed by atoms with Gasteiger partial charge in [-0.15, -0.1) is 10.2 Å².